The molecule has 2 aromatic rings. The molecule has 5 rings (SSSR count). The molecule has 1 amide bonds. The van der Waals surface area contributed by atoms with Crippen molar-refractivity contribution in [1.82, 2.24) is 19.4 Å². The Balaban J connectivity index is 1.41. The van der Waals surface area contributed by atoms with Crippen LogP contribution < -0.4 is 9.47 Å². The highest BCUT2D eigenvalue weighted by molar-refractivity contribution is 5.86. The summed E-state index contributed by atoms with van der Waals surface area (Å²) in [7, 11) is 1.68. The van der Waals surface area contributed by atoms with Gasteiger partial charge in [-0.05, 0) is 38.0 Å². The molecule has 1 aromatic carbocycles. The molecule has 172 valence electrons. The van der Waals surface area contributed by atoms with Crippen molar-refractivity contribution in [1.29, 1.82) is 0 Å². The van der Waals surface area contributed by atoms with Gasteiger partial charge in [-0.1, -0.05) is 6.07 Å². The standard InChI is InChI=1S/C24H32N4O4/c1-17(2)28-13-20(25-15-28)19-12-26(11-18-4-5-21-22(10-18)32-16-31-21)14-24(19)6-7-27(23(24)29)8-9-30-3/h4-5,10,13,15,17,19H,6-9,11-12,14,16H2,1-3H3/t19-,24+/m1/s1. The number of carbonyl (C=O) groups excluding carboxylic acids is 1. The Morgan fingerprint density at radius 3 is 2.91 bits per heavy atom. The van der Waals surface area contributed by atoms with Crippen molar-refractivity contribution >= 4 is 5.91 Å². The summed E-state index contributed by atoms with van der Waals surface area (Å²) in [6.07, 6.45) is 4.88. The van der Waals surface area contributed by atoms with Crippen molar-refractivity contribution in [3.05, 3.63) is 42.0 Å². The minimum absolute atomic E-state index is 0.0801. The van der Waals surface area contributed by atoms with Gasteiger partial charge in [0.15, 0.2) is 11.5 Å². The summed E-state index contributed by atoms with van der Waals surface area (Å²) in [4.78, 5) is 22.8. The lowest BCUT2D eigenvalue weighted by atomic mass is 9.75. The molecule has 32 heavy (non-hydrogen) atoms. The van der Waals surface area contributed by atoms with Crippen LogP contribution in [0.1, 0.15) is 43.5 Å². The Labute approximate surface area is 189 Å². The number of imidazole rings is 1. The molecule has 2 saturated heterocycles. The molecule has 8 nitrogen and oxygen atoms in total. The van der Waals surface area contributed by atoms with Gasteiger partial charge in [-0.3, -0.25) is 9.69 Å². The van der Waals surface area contributed by atoms with Gasteiger partial charge >= 0.3 is 0 Å². The van der Waals surface area contributed by atoms with Gasteiger partial charge in [0, 0.05) is 58.0 Å². The molecule has 0 N–H and O–H groups in total. The minimum atomic E-state index is -0.430. The first-order valence-electron chi connectivity index (χ1n) is 11.4. The number of methoxy groups -OCH3 is 1. The molecule has 0 aliphatic carbocycles. The summed E-state index contributed by atoms with van der Waals surface area (Å²) >= 11 is 0. The third-order valence-electron chi connectivity index (χ3n) is 7.14. The number of ether oxygens (including phenoxy) is 3. The van der Waals surface area contributed by atoms with Crippen LogP contribution in [-0.4, -0.2) is 71.9 Å². The number of benzene rings is 1. The van der Waals surface area contributed by atoms with Crippen LogP contribution >= 0.6 is 0 Å². The van der Waals surface area contributed by atoms with Gasteiger partial charge < -0.3 is 23.7 Å². The second kappa shape index (κ2) is 8.41. The topological polar surface area (TPSA) is 69.1 Å². The van der Waals surface area contributed by atoms with Crippen LogP contribution in [0.2, 0.25) is 0 Å². The summed E-state index contributed by atoms with van der Waals surface area (Å²) in [5, 5.41) is 0. The fourth-order valence-corrected chi connectivity index (χ4v) is 5.36. The molecule has 3 aliphatic rings. The number of amides is 1. The fraction of sp³-hybridized carbons (Fsp3) is 0.583. The summed E-state index contributed by atoms with van der Waals surface area (Å²) in [6, 6.07) is 6.45. The maximum Gasteiger partial charge on any atom is 0.231 e. The third kappa shape index (κ3) is 3.65. The van der Waals surface area contributed by atoms with Crippen molar-refractivity contribution < 1.29 is 19.0 Å². The summed E-state index contributed by atoms with van der Waals surface area (Å²) in [5.74, 6) is 1.92. The number of aromatic nitrogens is 2. The Kier molecular flexibility index (Phi) is 5.59. The maximum atomic E-state index is 13.7. The smallest absolute Gasteiger partial charge is 0.231 e. The Hall–Kier alpha value is -2.58. The van der Waals surface area contributed by atoms with Crippen LogP contribution in [0.5, 0.6) is 11.5 Å². The van der Waals surface area contributed by atoms with Crippen molar-refractivity contribution in [2.75, 3.05) is 46.7 Å². The van der Waals surface area contributed by atoms with Crippen molar-refractivity contribution in [3.63, 3.8) is 0 Å². The van der Waals surface area contributed by atoms with Gasteiger partial charge in [0.1, 0.15) is 0 Å². The monoisotopic (exact) mass is 440 g/mol. The summed E-state index contributed by atoms with van der Waals surface area (Å²) < 4.78 is 18.4. The highest BCUT2D eigenvalue weighted by Crippen LogP contribution is 2.50. The maximum absolute atomic E-state index is 13.7. The zero-order valence-electron chi connectivity index (χ0n) is 19.1. The highest BCUT2D eigenvalue weighted by atomic mass is 16.7. The Morgan fingerprint density at radius 2 is 2.12 bits per heavy atom. The molecule has 8 heteroatoms. The quantitative estimate of drug-likeness (QED) is 0.659. The van der Waals surface area contributed by atoms with E-state index in [-0.39, 0.29) is 18.6 Å². The van der Waals surface area contributed by atoms with E-state index >= 15 is 0 Å². The van der Waals surface area contributed by atoms with Crippen LogP contribution in [-0.2, 0) is 16.1 Å². The average Bonchev–Trinajstić information content (AvgIpc) is 3.55. The van der Waals surface area contributed by atoms with Crippen LogP contribution in [0.15, 0.2) is 30.7 Å². The predicted molar refractivity (Wildman–Crippen MR) is 119 cm³/mol. The second-order valence-corrected chi connectivity index (χ2v) is 9.44. The Morgan fingerprint density at radius 1 is 1.28 bits per heavy atom. The van der Waals surface area contributed by atoms with Gasteiger partial charge in [0.25, 0.3) is 0 Å². The molecule has 0 bridgehead atoms. The van der Waals surface area contributed by atoms with Crippen LogP contribution in [0, 0.1) is 5.41 Å². The van der Waals surface area contributed by atoms with Crippen LogP contribution in [0.25, 0.3) is 0 Å². The lowest BCUT2D eigenvalue weighted by Gasteiger charge is -2.28. The predicted octanol–water partition coefficient (Wildman–Crippen LogP) is 2.66. The molecule has 4 heterocycles. The van der Waals surface area contributed by atoms with Gasteiger partial charge in [0.05, 0.1) is 24.0 Å². The number of likely N-dealkylation sites (tertiary alicyclic amines) is 2. The molecule has 0 radical (unpaired) electrons. The first-order valence-corrected chi connectivity index (χ1v) is 11.4. The molecule has 1 aromatic heterocycles. The van der Waals surface area contributed by atoms with E-state index in [0.717, 1.165) is 49.8 Å². The lowest BCUT2D eigenvalue weighted by Crippen LogP contribution is -2.40. The normalized spacial score (nSPS) is 25.1. The molecule has 2 atom stereocenters. The molecule has 0 unspecified atom stereocenters. The number of fused-ring (bicyclic) bond motifs is 1. The number of rotatable bonds is 7. The SMILES string of the molecule is COCCN1CC[C@@]2(CN(Cc3ccc4c(c3)OCO4)C[C@@H]2c2cn(C(C)C)cn2)C1=O. The number of carbonyl (C=O) groups is 1. The van der Waals surface area contributed by atoms with Crippen LogP contribution in [0.3, 0.4) is 0 Å². The molecular weight excluding hydrogens is 408 g/mol. The molecule has 2 fully saturated rings. The molecule has 3 aliphatic heterocycles. The largest absolute Gasteiger partial charge is 0.454 e. The van der Waals surface area contributed by atoms with E-state index < -0.39 is 5.41 Å². The number of hydrogen-bond donors (Lipinski definition) is 0. The summed E-state index contributed by atoms with van der Waals surface area (Å²) in [5.41, 5.74) is 1.76. The van der Waals surface area contributed by atoms with E-state index in [1.165, 1.54) is 5.56 Å². The van der Waals surface area contributed by atoms with Gasteiger partial charge in [-0.2, -0.15) is 0 Å². The fourth-order valence-electron chi connectivity index (χ4n) is 5.36. The molecular formula is C24H32N4O4. The highest BCUT2D eigenvalue weighted by Gasteiger charge is 2.57. The van der Waals surface area contributed by atoms with Gasteiger partial charge in [0.2, 0.25) is 12.7 Å². The van der Waals surface area contributed by atoms with E-state index in [4.69, 9.17) is 19.2 Å². The van der Waals surface area contributed by atoms with E-state index in [9.17, 15) is 4.79 Å². The second-order valence-electron chi connectivity index (χ2n) is 9.44. The van der Waals surface area contributed by atoms with Crippen molar-refractivity contribution in [2.45, 2.75) is 38.8 Å². The van der Waals surface area contributed by atoms with E-state index in [2.05, 4.69) is 41.6 Å². The molecule has 1 spiro atoms. The van der Waals surface area contributed by atoms with Crippen LogP contribution in [0.4, 0.5) is 0 Å². The minimum Gasteiger partial charge on any atom is -0.454 e. The first kappa shape index (κ1) is 21.3. The van der Waals surface area contributed by atoms with Gasteiger partial charge in [-0.25, -0.2) is 4.98 Å². The summed E-state index contributed by atoms with van der Waals surface area (Å²) in [6.45, 7) is 8.88. The first-order chi connectivity index (χ1) is 15.5. The Bertz CT molecular complexity index is 990. The number of nitrogens with zero attached hydrogens (tertiary/aromatic N) is 4. The lowest BCUT2D eigenvalue weighted by molar-refractivity contribution is -0.136. The van der Waals surface area contributed by atoms with Gasteiger partial charge in [-0.15, -0.1) is 0 Å². The third-order valence-corrected chi connectivity index (χ3v) is 7.14. The van der Waals surface area contributed by atoms with Crippen molar-refractivity contribution in [3.8, 4) is 11.5 Å². The molecule has 0 saturated carbocycles. The van der Waals surface area contributed by atoms with Crippen molar-refractivity contribution in [2.24, 2.45) is 5.41 Å². The van der Waals surface area contributed by atoms with E-state index in [1.807, 2.05) is 17.3 Å². The average molecular weight is 441 g/mol. The zero-order valence-corrected chi connectivity index (χ0v) is 19.1. The van der Waals surface area contributed by atoms with E-state index in [1.54, 1.807) is 7.11 Å². The van der Waals surface area contributed by atoms with E-state index in [0.29, 0.717) is 19.2 Å². The zero-order chi connectivity index (χ0) is 22.3. The number of hydrogen-bond acceptors (Lipinski definition) is 6.